The maximum Gasteiger partial charge on any atom is 0.339 e. The summed E-state index contributed by atoms with van der Waals surface area (Å²) in [7, 11) is 0. The van der Waals surface area contributed by atoms with Crippen molar-refractivity contribution in [2.24, 2.45) is 0 Å². The van der Waals surface area contributed by atoms with Crippen LogP contribution in [0, 0.1) is 0 Å². The minimum atomic E-state index is -0.477. The van der Waals surface area contributed by atoms with E-state index in [1.165, 1.54) is 0 Å². The zero-order chi connectivity index (χ0) is 21.2. The van der Waals surface area contributed by atoms with Gasteiger partial charge in [0, 0.05) is 17.6 Å². The third-order valence-electron chi connectivity index (χ3n) is 5.63. The van der Waals surface area contributed by atoms with Crippen LogP contribution in [-0.2, 0) is 28.9 Å². The summed E-state index contributed by atoms with van der Waals surface area (Å²) in [6, 6.07) is 13.1. The van der Waals surface area contributed by atoms with Crippen LogP contribution in [0.3, 0.4) is 0 Å². The van der Waals surface area contributed by atoms with Crippen LogP contribution < -0.4 is 14.8 Å². The molecule has 2 heterocycles. The number of fused-ring (bicyclic) bond motifs is 3. The Morgan fingerprint density at radius 1 is 1.03 bits per heavy atom. The number of aryl methyl sites for hydroxylation is 1. The first-order valence-corrected chi connectivity index (χ1v) is 10.4. The zero-order valence-electron chi connectivity index (χ0n) is 17.0. The Bertz CT molecular complexity index is 1170. The molecule has 1 N–H and O–H groups in total. The van der Waals surface area contributed by atoms with E-state index in [0.717, 1.165) is 53.4 Å². The van der Waals surface area contributed by atoms with Gasteiger partial charge in [-0.3, -0.25) is 9.78 Å². The van der Waals surface area contributed by atoms with Crippen molar-refractivity contribution < 1.29 is 23.8 Å². The number of hydrogen-bond donors (Lipinski definition) is 1. The topological polar surface area (TPSA) is 86.8 Å². The molecule has 2 aliphatic rings. The van der Waals surface area contributed by atoms with E-state index < -0.39 is 5.97 Å². The monoisotopic (exact) mass is 418 g/mol. The minimum Gasteiger partial charge on any atom is -0.454 e. The molecular weight excluding hydrogens is 396 g/mol. The summed E-state index contributed by atoms with van der Waals surface area (Å²) in [6.07, 6.45) is 3.74. The van der Waals surface area contributed by atoms with E-state index in [1.807, 2.05) is 42.5 Å². The molecule has 7 heteroatoms. The van der Waals surface area contributed by atoms with E-state index in [1.54, 1.807) is 0 Å². The molecule has 1 aromatic heterocycles. The molecular formula is C24H22N2O5. The van der Waals surface area contributed by atoms with Crippen molar-refractivity contribution in [3.05, 3.63) is 64.8 Å². The van der Waals surface area contributed by atoms with Gasteiger partial charge in [0.05, 0.1) is 11.1 Å². The molecule has 7 nitrogen and oxygen atoms in total. The third kappa shape index (κ3) is 3.91. The summed E-state index contributed by atoms with van der Waals surface area (Å²) in [5.41, 5.74) is 4.12. The van der Waals surface area contributed by atoms with Crippen LogP contribution in [0.15, 0.2) is 42.5 Å². The molecule has 0 spiro atoms. The van der Waals surface area contributed by atoms with Crippen molar-refractivity contribution in [3.63, 3.8) is 0 Å². The van der Waals surface area contributed by atoms with Crippen molar-refractivity contribution in [3.8, 4) is 11.5 Å². The third-order valence-corrected chi connectivity index (χ3v) is 5.63. The molecule has 0 radical (unpaired) electrons. The van der Waals surface area contributed by atoms with Gasteiger partial charge in [0.2, 0.25) is 6.79 Å². The van der Waals surface area contributed by atoms with Crippen molar-refractivity contribution in [2.45, 2.75) is 32.2 Å². The number of esters is 1. The van der Waals surface area contributed by atoms with Crippen LogP contribution in [-0.4, -0.2) is 30.3 Å². The number of rotatable bonds is 5. The molecule has 1 amide bonds. The quantitative estimate of drug-likeness (QED) is 0.640. The van der Waals surface area contributed by atoms with E-state index in [9.17, 15) is 9.59 Å². The molecule has 0 fully saturated rings. The first-order valence-electron chi connectivity index (χ1n) is 10.4. The smallest absolute Gasteiger partial charge is 0.339 e. The van der Waals surface area contributed by atoms with Crippen LogP contribution in [0.25, 0.3) is 10.9 Å². The summed E-state index contributed by atoms with van der Waals surface area (Å²) in [5, 5.41) is 3.54. The Balaban J connectivity index is 1.26. The number of para-hydroxylation sites is 1. The fourth-order valence-corrected chi connectivity index (χ4v) is 4.11. The predicted octanol–water partition coefficient (Wildman–Crippen LogP) is 3.32. The number of amides is 1. The predicted molar refractivity (Wildman–Crippen MR) is 113 cm³/mol. The number of hydrogen-bond acceptors (Lipinski definition) is 6. The van der Waals surface area contributed by atoms with Crippen LogP contribution >= 0.6 is 0 Å². The van der Waals surface area contributed by atoms with Gasteiger partial charge in [-0.25, -0.2) is 4.79 Å². The average molecular weight is 418 g/mol. The highest BCUT2D eigenvalue weighted by Gasteiger charge is 2.24. The molecule has 0 unspecified atom stereocenters. The second-order valence-corrected chi connectivity index (χ2v) is 7.68. The molecule has 5 rings (SSSR count). The van der Waals surface area contributed by atoms with Crippen LogP contribution in [0.4, 0.5) is 0 Å². The lowest BCUT2D eigenvalue weighted by molar-refractivity contribution is -0.124. The molecule has 2 aromatic carbocycles. The normalized spacial score (nSPS) is 14.2. The van der Waals surface area contributed by atoms with E-state index in [0.29, 0.717) is 23.6 Å². The van der Waals surface area contributed by atoms with Gasteiger partial charge in [-0.05, 0) is 55.0 Å². The van der Waals surface area contributed by atoms with Gasteiger partial charge < -0.3 is 19.5 Å². The number of aromatic nitrogens is 1. The van der Waals surface area contributed by atoms with Crippen molar-refractivity contribution in [2.75, 3.05) is 13.4 Å². The maximum absolute atomic E-state index is 13.0. The van der Waals surface area contributed by atoms with Gasteiger partial charge in [-0.2, -0.15) is 0 Å². The largest absolute Gasteiger partial charge is 0.454 e. The van der Waals surface area contributed by atoms with Gasteiger partial charge >= 0.3 is 5.97 Å². The molecule has 0 saturated carbocycles. The molecule has 0 atom stereocenters. The summed E-state index contributed by atoms with van der Waals surface area (Å²) in [6.45, 7) is 0.171. The molecule has 3 aromatic rings. The number of benzene rings is 2. The molecule has 0 saturated heterocycles. The first kappa shape index (κ1) is 19.4. The second kappa shape index (κ2) is 8.26. The van der Waals surface area contributed by atoms with Crippen LogP contribution in [0.5, 0.6) is 11.5 Å². The fraction of sp³-hybridized carbons (Fsp3) is 0.292. The SMILES string of the molecule is O=C(COC(=O)c1c2c(nc3ccccc13)CCCC2)NCc1ccc2c(c1)OCO2. The summed E-state index contributed by atoms with van der Waals surface area (Å²) in [5.74, 6) is 0.512. The Morgan fingerprint density at radius 3 is 2.81 bits per heavy atom. The van der Waals surface area contributed by atoms with Crippen molar-refractivity contribution >= 4 is 22.8 Å². The first-order chi connectivity index (χ1) is 15.2. The maximum atomic E-state index is 13.0. The lowest BCUT2D eigenvalue weighted by atomic mass is 9.90. The average Bonchev–Trinajstić information content (AvgIpc) is 3.27. The van der Waals surface area contributed by atoms with Crippen molar-refractivity contribution in [1.29, 1.82) is 0 Å². The number of nitrogens with one attached hydrogen (secondary N) is 1. The lowest BCUT2D eigenvalue weighted by Crippen LogP contribution is -2.28. The highest BCUT2D eigenvalue weighted by atomic mass is 16.7. The van der Waals surface area contributed by atoms with Crippen LogP contribution in [0.1, 0.15) is 40.0 Å². The van der Waals surface area contributed by atoms with E-state index in [2.05, 4.69) is 5.32 Å². The summed E-state index contributed by atoms with van der Waals surface area (Å²) in [4.78, 5) is 30.0. The fourth-order valence-electron chi connectivity index (χ4n) is 4.11. The van der Waals surface area contributed by atoms with Gasteiger partial charge in [-0.15, -0.1) is 0 Å². The van der Waals surface area contributed by atoms with Gasteiger partial charge in [0.1, 0.15) is 0 Å². The minimum absolute atomic E-state index is 0.203. The zero-order valence-corrected chi connectivity index (χ0v) is 17.0. The second-order valence-electron chi connectivity index (χ2n) is 7.68. The number of carbonyl (C=O) groups is 2. The van der Waals surface area contributed by atoms with Crippen molar-refractivity contribution in [1.82, 2.24) is 10.3 Å². The Kier molecular flexibility index (Phi) is 5.16. The molecule has 31 heavy (non-hydrogen) atoms. The summed E-state index contributed by atoms with van der Waals surface area (Å²) < 4.78 is 16.0. The Hall–Kier alpha value is -3.61. The summed E-state index contributed by atoms with van der Waals surface area (Å²) >= 11 is 0. The van der Waals surface area contributed by atoms with E-state index in [-0.39, 0.29) is 19.3 Å². The number of carbonyl (C=O) groups excluding carboxylic acids is 2. The number of pyridine rings is 1. The lowest BCUT2D eigenvalue weighted by Gasteiger charge is -2.19. The molecule has 158 valence electrons. The molecule has 1 aliphatic heterocycles. The van der Waals surface area contributed by atoms with Gasteiger partial charge in [0.15, 0.2) is 18.1 Å². The molecule has 0 bridgehead atoms. The standard InChI is InChI=1S/C24H22N2O5/c27-22(25-12-15-9-10-20-21(11-15)31-14-30-20)13-29-24(28)23-16-5-1-3-7-18(16)26-19-8-4-2-6-17(19)23/h1,3,5,7,9-11H,2,4,6,8,12-14H2,(H,25,27). The van der Waals surface area contributed by atoms with Crippen LogP contribution in [0.2, 0.25) is 0 Å². The Labute approximate surface area is 179 Å². The number of ether oxygens (including phenoxy) is 3. The van der Waals surface area contributed by atoms with Gasteiger partial charge in [0.25, 0.3) is 5.91 Å². The van der Waals surface area contributed by atoms with E-state index in [4.69, 9.17) is 19.2 Å². The van der Waals surface area contributed by atoms with E-state index >= 15 is 0 Å². The molecule has 1 aliphatic carbocycles. The Morgan fingerprint density at radius 2 is 1.87 bits per heavy atom. The highest BCUT2D eigenvalue weighted by Crippen LogP contribution is 2.32. The van der Waals surface area contributed by atoms with Gasteiger partial charge in [-0.1, -0.05) is 24.3 Å². The number of nitrogens with zero attached hydrogens (tertiary/aromatic N) is 1. The highest BCUT2D eigenvalue weighted by molar-refractivity contribution is 6.05.